The number of hydrogen-bond donors (Lipinski definition) is 2. The lowest BCUT2D eigenvalue weighted by Crippen LogP contribution is -2.07. The van der Waals surface area contributed by atoms with Crippen LogP contribution in [0.5, 0.6) is 0 Å². The monoisotopic (exact) mass is 270 g/mol. The van der Waals surface area contributed by atoms with Crippen molar-refractivity contribution in [2.24, 2.45) is 5.73 Å². The molecule has 0 spiro atoms. The van der Waals surface area contributed by atoms with Crippen LogP contribution in [0.2, 0.25) is 0 Å². The number of benzene rings is 1. The number of H-pyrrole nitrogens is 1. The van der Waals surface area contributed by atoms with Gasteiger partial charge in [0.25, 0.3) is 0 Å². The van der Waals surface area contributed by atoms with Gasteiger partial charge in [0, 0.05) is 6.42 Å². The highest BCUT2D eigenvalue weighted by Gasteiger charge is 2.29. The van der Waals surface area contributed by atoms with Crippen LogP contribution in [0.4, 0.5) is 13.2 Å². The molecule has 19 heavy (non-hydrogen) atoms. The maximum Gasteiger partial charge on any atom is 0.416 e. The molecule has 1 atom stereocenters. The lowest BCUT2D eigenvalue weighted by Gasteiger charge is -2.06. The van der Waals surface area contributed by atoms with Gasteiger partial charge in [0.1, 0.15) is 5.82 Å². The Bertz CT molecular complexity index is 543. The van der Waals surface area contributed by atoms with E-state index in [9.17, 15) is 13.2 Å². The molecule has 3 N–H and O–H groups in total. The van der Waals surface area contributed by atoms with Crippen molar-refractivity contribution in [1.82, 2.24) is 15.2 Å². The summed E-state index contributed by atoms with van der Waals surface area (Å²) < 4.78 is 37.2. The molecule has 0 aliphatic rings. The summed E-state index contributed by atoms with van der Waals surface area (Å²) in [5.74, 6) is 1.06. The summed E-state index contributed by atoms with van der Waals surface area (Å²) in [5.41, 5.74) is 5.68. The minimum Gasteiger partial charge on any atom is -0.321 e. The van der Waals surface area contributed by atoms with Gasteiger partial charge in [-0.1, -0.05) is 12.1 Å². The number of nitrogens with one attached hydrogen (secondary N) is 1. The molecule has 102 valence electrons. The third-order valence-corrected chi connectivity index (χ3v) is 2.61. The van der Waals surface area contributed by atoms with Crippen molar-refractivity contribution < 1.29 is 13.2 Å². The Balaban J connectivity index is 2.11. The second-order valence-corrected chi connectivity index (χ2v) is 4.30. The van der Waals surface area contributed by atoms with Crippen molar-refractivity contribution in [3.63, 3.8) is 0 Å². The second kappa shape index (κ2) is 5.00. The Hall–Kier alpha value is -1.89. The Morgan fingerprint density at radius 3 is 2.37 bits per heavy atom. The lowest BCUT2D eigenvalue weighted by molar-refractivity contribution is -0.137. The first-order chi connectivity index (χ1) is 8.86. The first kappa shape index (κ1) is 13.5. The van der Waals surface area contributed by atoms with Crippen molar-refractivity contribution in [2.75, 3.05) is 0 Å². The van der Waals surface area contributed by atoms with Gasteiger partial charge in [-0.05, 0) is 24.6 Å². The number of alkyl halides is 3. The van der Waals surface area contributed by atoms with Crippen molar-refractivity contribution in [3.8, 4) is 0 Å². The fourth-order valence-electron chi connectivity index (χ4n) is 1.60. The maximum atomic E-state index is 12.4. The van der Waals surface area contributed by atoms with Crippen LogP contribution in [-0.2, 0) is 12.6 Å². The molecule has 1 aromatic heterocycles. The predicted molar refractivity (Wildman–Crippen MR) is 63.2 cm³/mol. The van der Waals surface area contributed by atoms with Gasteiger partial charge in [0.05, 0.1) is 11.6 Å². The highest BCUT2D eigenvalue weighted by molar-refractivity contribution is 5.26. The van der Waals surface area contributed by atoms with Crippen LogP contribution < -0.4 is 5.73 Å². The lowest BCUT2D eigenvalue weighted by atomic mass is 10.1. The molecule has 0 saturated carbocycles. The van der Waals surface area contributed by atoms with E-state index in [1.165, 1.54) is 12.1 Å². The fraction of sp³-hybridized carbons (Fsp3) is 0.333. The first-order valence-electron chi connectivity index (χ1n) is 5.69. The summed E-state index contributed by atoms with van der Waals surface area (Å²) >= 11 is 0. The molecule has 0 saturated heterocycles. The van der Waals surface area contributed by atoms with E-state index in [1.54, 1.807) is 6.92 Å². The molecule has 0 aliphatic heterocycles. The van der Waals surface area contributed by atoms with Gasteiger partial charge in [-0.25, -0.2) is 4.98 Å². The number of aromatic amines is 1. The van der Waals surface area contributed by atoms with Crippen molar-refractivity contribution in [1.29, 1.82) is 0 Å². The zero-order valence-corrected chi connectivity index (χ0v) is 10.2. The van der Waals surface area contributed by atoms with Gasteiger partial charge in [0.2, 0.25) is 0 Å². The SMILES string of the molecule is CC(N)c1n[nH]c(Cc2ccc(C(F)(F)F)cc2)n1. The van der Waals surface area contributed by atoms with E-state index in [-0.39, 0.29) is 6.04 Å². The van der Waals surface area contributed by atoms with Gasteiger partial charge in [-0.2, -0.15) is 18.3 Å². The summed E-state index contributed by atoms with van der Waals surface area (Å²) in [5, 5.41) is 6.64. The average molecular weight is 270 g/mol. The van der Waals surface area contributed by atoms with E-state index >= 15 is 0 Å². The number of aromatic nitrogens is 3. The summed E-state index contributed by atoms with van der Waals surface area (Å²) in [4.78, 5) is 4.16. The van der Waals surface area contributed by atoms with E-state index in [2.05, 4.69) is 15.2 Å². The Morgan fingerprint density at radius 1 is 1.26 bits per heavy atom. The number of hydrogen-bond acceptors (Lipinski definition) is 3. The van der Waals surface area contributed by atoms with E-state index in [0.717, 1.165) is 17.7 Å². The van der Waals surface area contributed by atoms with Crippen LogP contribution in [0.1, 0.15) is 35.7 Å². The Labute approximate surface area is 107 Å². The average Bonchev–Trinajstić information content (AvgIpc) is 2.77. The predicted octanol–water partition coefficient (Wildman–Crippen LogP) is 2.43. The molecule has 4 nitrogen and oxygen atoms in total. The molecule has 7 heteroatoms. The summed E-state index contributed by atoms with van der Waals surface area (Å²) in [6, 6.07) is 4.68. The van der Waals surface area contributed by atoms with E-state index in [0.29, 0.717) is 18.1 Å². The molecule has 2 aromatic rings. The standard InChI is InChI=1S/C12H13F3N4/c1-7(16)11-17-10(18-19-11)6-8-2-4-9(5-3-8)12(13,14)15/h2-5,7H,6,16H2,1H3,(H,17,18,19). The third kappa shape index (κ3) is 3.31. The molecule has 0 aliphatic carbocycles. The van der Waals surface area contributed by atoms with Gasteiger partial charge in [0.15, 0.2) is 5.82 Å². The summed E-state index contributed by atoms with van der Waals surface area (Å²) in [6.45, 7) is 1.76. The molecule has 2 rings (SSSR count). The van der Waals surface area contributed by atoms with Crippen LogP contribution in [0.25, 0.3) is 0 Å². The molecule has 1 heterocycles. The van der Waals surface area contributed by atoms with Crippen molar-refractivity contribution in [2.45, 2.75) is 25.6 Å². The van der Waals surface area contributed by atoms with E-state index < -0.39 is 11.7 Å². The number of rotatable bonds is 3. The van der Waals surface area contributed by atoms with Crippen LogP contribution in [0, 0.1) is 0 Å². The zero-order valence-electron chi connectivity index (χ0n) is 10.2. The second-order valence-electron chi connectivity index (χ2n) is 4.30. The minimum absolute atomic E-state index is 0.280. The van der Waals surface area contributed by atoms with Gasteiger partial charge >= 0.3 is 6.18 Å². The normalized spacial score (nSPS) is 13.5. The number of halogens is 3. The highest BCUT2D eigenvalue weighted by Crippen LogP contribution is 2.29. The van der Waals surface area contributed by atoms with E-state index in [1.807, 2.05) is 0 Å². The molecule has 1 unspecified atom stereocenters. The van der Waals surface area contributed by atoms with Crippen LogP contribution in [0.15, 0.2) is 24.3 Å². The van der Waals surface area contributed by atoms with E-state index in [4.69, 9.17) is 5.73 Å². The quantitative estimate of drug-likeness (QED) is 0.900. The minimum atomic E-state index is -4.31. The first-order valence-corrected chi connectivity index (χ1v) is 5.69. The molecule has 0 fully saturated rings. The van der Waals surface area contributed by atoms with Gasteiger partial charge < -0.3 is 5.73 Å². The van der Waals surface area contributed by atoms with Gasteiger partial charge in [-0.15, -0.1) is 0 Å². The zero-order chi connectivity index (χ0) is 14.0. The highest BCUT2D eigenvalue weighted by atomic mass is 19.4. The van der Waals surface area contributed by atoms with Crippen LogP contribution in [0.3, 0.4) is 0 Å². The topological polar surface area (TPSA) is 67.6 Å². The number of nitrogens with two attached hydrogens (primary N) is 1. The maximum absolute atomic E-state index is 12.4. The largest absolute Gasteiger partial charge is 0.416 e. The smallest absolute Gasteiger partial charge is 0.321 e. The molecule has 0 radical (unpaired) electrons. The molecule has 0 bridgehead atoms. The molecular weight excluding hydrogens is 257 g/mol. The third-order valence-electron chi connectivity index (χ3n) is 2.61. The summed E-state index contributed by atoms with van der Waals surface area (Å²) in [6.07, 6.45) is -3.93. The number of nitrogens with zero attached hydrogens (tertiary/aromatic N) is 2. The van der Waals surface area contributed by atoms with Crippen LogP contribution >= 0.6 is 0 Å². The fourth-order valence-corrected chi connectivity index (χ4v) is 1.60. The van der Waals surface area contributed by atoms with Crippen LogP contribution in [-0.4, -0.2) is 15.2 Å². The molecular formula is C12H13F3N4. The van der Waals surface area contributed by atoms with Gasteiger partial charge in [-0.3, -0.25) is 5.10 Å². The molecule has 1 aromatic carbocycles. The summed E-state index contributed by atoms with van der Waals surface area (Å²) in [7, 11) is 0. The van der Waals surface area contributed by atoms with Crippen molar-refractivity contribution in [3.05, 3.63) is 47.0 Å². The molecule has 0 amide bonds. The van der Waals surface area contributed by atoms with Crippen molar-refractivity contribution >= 4 is 0 Å². The Kier molecular flexibility index (Phi) is 3.57. The Morgan fingerprint density at radius 2 is 1.89 bits per heavy atom.